The van der Waals surface area contributed by atoms with E-state index < -0.39 is 0 Å². The third kappa shape index (κ3) is 3.58. The summed E-state index contributed by atoms with van der Waals surface area (Å²) in [6, 6.07) is 6.73. The van der Waals surface area contributed by atoms with E-state index in [4.69, 9.17) is 5.73 Å². The molecule has 106 valence electrons. The van der Waals surface area contributed by atoms with Crippen LogP contribution in [0.5, 0.6) is 0 Å². The second kappa shape index (κ2) is 6.06. The van der Waals surface area contributed by atoms with Crippen molar-refractivity contribution < 1.29 is 0 Å². The van der Waals surface area contributed by atoms with Crippen molar-refractivity contribution in [2.75, 3.05) is 19.6 Å². The average molecular weight is 260 g/mol. The molecule has 2 heteroatoms. The molecule has 3 unspecified atom stereocenters. The zero-order valence-electron chi connectivity index (χ0n) is 12.8. The van der Waals surface area contributed by atoms with Gasteiger partial charge in [-0.2, -0.15) is 0 Å². The lowest BCUT2D eigenvalue weighted by molar-refractivity contribution is 0.132. The zero-order chi connectivity index (χ0) is 14.0. The molecule has 1 aromatic carbocycles. The van der Waals surface area contributed by atoms with Crippen LogP contribution in [-0.4, -0.2) is 24.5 Å². The number of rotatable bonds is 3. The molecule has 0 aliphatic carbocycles. The van der Waals surface area contributed by atoms with Crippen molar-refractivity contribution in [3.63, 3.8) is 0 Å². The normalized spacial score (nSPS) is 26.4. The summed E-state index contributed by atoms with van der Waals surface area (Å²) >= 11 is 0. The first-order valence-electron chi connectivity index (χ1n) is 7.52. The molecule has 19 heavy (non-hydrogen) atoms. The molecule has 1 aliphatic rings. The van der Waals surface area contributed by atoms with Gasteiger partial charge in [-0.25, -0.2) is 0 Å². The summed E-state index contributed by atoms with van der Waals surface area (Å²) in [5.74, 6) is 1.65. The monoisotopic (exact) mass is 260 g/mol. The van der Waals surface area contributed by atoms with Crippen LogP contribution in [0, 0.1) is 25.7 Å². The zero-order valence-corrected chi connectivity index (χ0v) is 12.8. The molecule has 2 rings (SSSR count). The Balaban J connectivity index is 2.01. The van der Waals surface area contributed by atoms with Crippen LogP contribution < -0.4 is 5.73 Å². The summed E-state index contributed by atoms with van der Waals surface area (Å²) in [4.78, 5) is 2.54. The minimum absolute atomic E-state index is 0.139. The molecule has 3 atom stereocenters. The Labute approximate surface area is 118 Å². The Morgan fingerprint density at radius 1 is 1.26 bits per heavy atom. The van der Waals surface area contributed by atoms with Gasteiger partial charge in [0.2, 0.25) is 0 Å². The van der Waals surface area contributed by atoms with E-state index in [2.05, 4.69) is 50.8 Å². The molecule has 0 bridgehead atoms. The largest absolute Gasteiger partial charge is 0.323 e. The topological polar surface area (TPSA) is 29.3 Å². The maximum atomic E-state index is 6.43. The van der Waals surface area contributed by atoms with E-state index in [1.54, 1.807) is 0 Å². The highest BCUT2D eigenvalue weighted by Gasteiger charge is 2.24. The fourth-order valence-corrected chi connectivity index (χ4v) is 3.05. The van der Waals surface area contributed by atoms with Crippen molar-refractivity contribution in [3.8, 4) is 0 Å². The first-order valence-corrected chi connectivity index (χ1v) is 7.52. The molecule has 1 aromatic rings. The summed E-state index contributed by atoms with van der Waals surface area (Å²) < 4.78 is 0. The molecule has 0 saturated carbocycles. The molecular formula is C17H28N2. The SMILES string of the molecule is Cc1ccc(C)c(C(N)CN2CCC(C)C(C)C2)c1. The molecule has 0 radical (unpaired) electrons. The molecule has 0 amide bonds. The first kappa shape index (κ1) is 14.5. The van der Waals surface area contributed by atoms with E-state index in [1.165, 1.54) is 36.2 Å². The minimum atomic E-state index is 0.139. The van der Waals surface area contributed by atoms with Gasteiger partial charge < -0.3 is 10.6 Å². The third-order valence-corrected chi connectivity index (χ3v) is 4.71. The molecule has 0 aromatic heterocycles. The van der Waals surface area contributed by atoms with Crippen LogP contribution in [0.4, 0.5) is 0 Å². The van der Waals surface area contributed by atoms with E-state index in [1.807, 2.05) is 0 Å². The molecule has 2 nitrogen and oxygen atoms in total. The minimum Gasteiger partial charge on any atom is -0.323 e. The van der Waals surface area contributed by atoms with Crippen molar-refractivity contribution in [1.82, 2.24) is 4.90 Å². The van der Waals surface area contributed by atoms with E-state index >= 15 is 0 Å². The number of benzene rings is 1. The third-order valence-electron chi connectivity index (χ3n) is 4.71. The number of nitrogens with zero attached hydrogens (tertiary/aromatic N) is 1. The van der Waals surface area contributed by atoms with Gasteiger partial charge in [-0.05, 0) is 49.8 Å². The van der Waals surface area contributed by atoms with Crippen LogP contribution in [0.25, 0.3) is 0 Å². The number of piperidine rings is 1. The highest BCUT2D eigenvalue weighted by atomic mass is 15.1. The van der Waals surface area contributed by atoms with Gasteiger partial charge in [0, 0.05) is 19.1 Å². The Kier molecular flexibility index (Phi) is 4.64. The molecule has 2 N–H and O–H groups in total. The number of likely N-dealkylation sites (tertiary alicyclic amines) is 1. The summed E-state index contributed by atoms with van der Waals surface area (Å²) in [5.41, 5.74) is 10.4. The van der Waals surface area contributed by atoms with Crippen LogP contribution in [-0.2, 0) is 0 Å². The summed E-state index contributed by atoms with van der Waals surface area (Å²) in [6.07, 6.45) is 1.31. The highest BCUT2D eigenvalue weighted by molar-refractivity contribution is 5.33. The Bertz CT molecular complexity index is 427. The predicted octanol–water partition coefficient (Wildman–Crippen LogP) is 3.28. The second-order valence-corrected chi connectivity index (χ2v) is 6.47. The smallest absolute Gasteiger partial charge is 0.0427 e. The molecule has 1 fully saturated rings. The van der Waals surface area contributed by atoms with Gasteiger partial charge in [0.1, 0.15) is 0 Å². The van der Waals surface area contributed by atoms with Gasteiger partial charge in [-0.15, -0.1) is 0 Å². The lowest BCUT2D eigenvalue weighted by atomic mass is 9.88. The molecule has 0 spiro atoms. The van der Waals surface area contributed by atoms with Crippen molar-refractivity contribution >= 4 is 0 Å². The lowest BCUT2D eigenvalue weighted by Crippen LogP contribution is -2.42. The van der Waals surface area contributed by atoms with E-state index in [9.17, 15) is 0 Å². The summed E-state index contributed by atoms with van der Waals surface area (Å²) in [7, 11) is 0. The van der Waals surface area contributed by atoms with Gasteiger partial charge in [-0.1, -0.05) is 37.6 Å². The van der Waals surface area contributed by atoms with Crippen molar-refractivity contribution in [3.05, 3.63) is 34.9 Å². The van der Waals surface area contributed by atoms with E-state index in [0.717, 1.165) is 18.4 Å². The fourth-order valence-electron chi connectivity index (χ4n) is 3.05. The number of nitrogens with two attached hydrogens (primary N) is 1. The standard InChI is InChI=1S/C17H28N2/c1-12-5-6-14(3)16(9-12)17(18)11-19-8-7-13(2)15(4)10-19/h5-6,9,13,15,17H,7-8,10-11,18H2,1-4H3. The van der Waals surface area contributed by atoms with E-state index in [0.29, 0.717) is 0 Å². The molecule has 1 aliphatic heterocycles. The predicted molar refractivity (Wildman–Crippen MR) is 82.2 cm³/mol. The molecular weight excluding hydrogens is 232 g/mol. The van der Waals surface area contributed by atoms with E-state index in [-0.39, 0.29) is 6.04 Å². The first-order chi connectivity index (χ1) is 8.97. The maximum Gasteiger partial charge on any atom is 0.0427 e. The van der Waals surface area contributed by atoms with Gasteiger partial charge in [0.15, 0.2) is 0 Å². The van der Waals surface area contributed by atoms with Crippen LogP contribution in [0.1, 0.15) is 43.0 Å². The van der Waals surface area contributed by atoms with Gasteiger partial charge in [-0.3, -0.25) is 0 Å². The van der Waals surface area contributed by atoms with Gasteiger partial charge in [0.05, 0.1) is 0 Å². The summed E-state index contributed by atoms with van der Waals surface area (Å²) in [5, 5.41) is 0. The van der Waals surface area contributed by atoms with Crippen LogP contribution in [0.2, 0.25) is 0 Å². The second-order valence-electron chi connectivity index (χ2n) is 6.47. The highest BCUT2D eigenvalue weighted by Crippen LogP contribution is 2.25. The van der Waals surface area contributed by atoms with Gasteiger partial charge in [0.25, 0.3) is 0 Å². The molecule has 1 saturated heterocycles. The Morgan fingerprint density at radius 3 is 2.68 bits per heavy atom. The van der Waals surface area contributed by atoms with Crippen LogP contribution in [0.15, 0.2) is 18.2 Å². The quantitative estimate of drug-likeness (QED) is 0.903. The van der Waals surface area contributed by atoms with Crippen LogP contribution >= 0.6 is 0 Å². The fraction of sp³-hybridized carbons (Fsp3) is 0.647. The Hall–Kier alpha value is -0.860. The van der Waals surface area contributed by atoms with Crippen LogP contribution in [0.3, 0.4) is 0 Å². The van der Waals surface area contributed by atoms with Gasteiger partial charge >= 0.3 is 0 Å². The average Bonchev–Trinajstić information content (AvgIpc) is 2.36. The number of aryl methyl sites for hydroxylation is 2. The number of hydrogen-bond acceptors (Lipinski definition) is 2. The van der Waals surface area contributed by atoms with Crippen molar-refractivity contribution in [1.29, 1.82) is 0 Å². The number of hydrogen-bond donors (Lipinski definition) is 1. The maximum absolute atomic E-state index is 6.43. The van der Waals surface area contributed by atoms with Crippen molar-refractivity contribution in [2.45, 2.75) is 40.2 Å². The van der Waals surface area contributed by atoms with Crippen molar-refractivity contribution in [2.24, 2.45) is 17.6 Å². The Morgan fingerprint density at radius 2 is 2.00 bits per heavy atom. The summed E-state index contributed by atoms with van der Waals surface area (Å²) in [6.45, 7) is 12.4. The lowest BCUT2D eigenvalue weighted by Gasteiger charge is -2.36. The molecule has 1 heterocycles.